The van der Waals surface area contributed by atoms with Crippen LogP contribution in [0.2, 0.25) is 0 Å². The van der Waals surface area contributed by atoms with Crippen LogP contribution in [0, 0.1) is 0 Å². The molecule has 0 aliphatic heterocycles. The van der Waals surface area contributed by atoms with E-state index in [1.165, 1.54) is 4.40 Å². The highest BCUT2D eigenvalue weighted by atomic mass is 32.2. The van der Waals surface area contributed by atoms with Crippen LogP contribution in [0.1, 0.15) is 25.0 Å². The lowest BCUT2D eigenvalue weighted by molar-refractivity contribution is -0.143. The molecule has 0 saturated carbocycles. The van der Waals surface area contributed by atoms with Gasteiger partial charge in [-0.2, -0.15) is 36.3 Å². The van der Waals surface area contributed by atoms with Crippen molar-refractivity contribution in [3.63, 3.8) is 0 Å². The lowest BCUT2D eigenvalue weighted by Crippen LogP contribution is -2.17. The van der Waals surface area contributed by atoms with Gasteiger partial charge in [0.2, 0.25) is 17.8 Å². The second-order valence-electron chi connectivity index (χ2n) is 6.68. The van der Waals surface area contributed by atoms with Gasteiger partial charge >= 0.3 is 12.4 Å². The van der Waals surface area contributed by atoms with Crippen molar-refractivity contribution in [3.05, 3.63) is 29.3 Å². The quantitative estimate of drug-likeness (QED) is 0.308. The molecule has 2 aromatic heterocycles. The maximum Gasteiger partial charge on any atom is 0.416 e. The Kier molecular flexibility index (Phi) is 7.38. The lowest BCUT2D eigenvalue weighted by Gasteiger charge is -2.14. The summed E-state index contributed by atoms with van der Waals surface area (Å²) in [5.74, 6) is -0.401. The fourth-order valence-corrected chi connectivity index (χ4v) is 3.48. The van der Waals surface area contributed by atoms with Gasteiger partial charge in [0.15, 0.2) is 5.16 Å². The highest BCUT2D eigenvalue weighted by Gasteiger charge is 2.37. The van der Waals surface area contributed by atoms with Gasteiger partial charge in [-0.15, -0.1) is 10.2 Å². The molecule has 0 fully saturated rings. The van der Waals surface area contributed by atoms with Crippen LogP contribution in [0.15, 0.2) is 23.4 Å². The first kappa shape index (κ1) is 25.3. The Hall–Kier alpha value is -3.30. The van der Waals surface area contributed by atoms with Crippen LogP contribution in [0.25, 0.3) is 5.78 Å². The third-order valence-electron chi connectivity index (χ3n) is 4.12. The number of hydrogen-bond acceptors (Lipinski definition) is 8. The Balaban J connectivity index is 1.80. The summed E-state index contributed by atoms with van der Waals surface area (Å²) in [5, 5.41) is 16.1. The van der Waals surface area contributed by atoms with E-state index in [4.69, 9.17) is 0 Å². The van der Waals surface area contributed by atoms with Gasteiger partial charge in [0.1, 0.15) is 0 Å². The molecule has 0 unspecified atom stereocenters. The maximum absolute atomic E-state index is 13.0. The van der Waals surface area contributed by atoms with Crippen molar-refractivity contribution >= 4 is 41.0 Å². The van der Waals surface area contributed by atoms with Gasteiger partial charge in [0.25, 0.3) is 5.78 Å². The van der Waals surface area contributed by atoms with E-state index in [1.807, 2.05) is 13.8 Å². The number of benzene rings is 1. The first-order chi connectivity index (χ1) is 15.9. The number of rotatable bonds is 8. The molecular weight excluding hydrogens is 490 g/mol. The fraction of sp³-hybridized carbons (Fsp3) is 0.389. The van der Waals surface area contributed by atoms with Crippen molar-refractivity contribution in [2.75, 3.05) is 34.8 Å². The molecule has 1 amide bonds. The highest BCUT2D eigenvalue weighted by molar-refractivity contribution is 7.99. The van der Waals surface area contributed by atoms with Crippen LogP contribution in [0.4, 0.5) is 43.9 Å². The monoisotopic (exact) mass is 508 g/mol. The molecule has 3 aromatic rings. The van der Waals surface area contributed by atoms with Gasteiger partial charge in [0, 0.05) is 18.8 Å². The first-order valence-electron chi connectivity index (χ1n) is 9.75. The predicted octanol–water partition coefficient (Wildman–Crippen LogP) is 4.15. The van der Waals surface area contributed by atoms with E-state index in [-0.39, 0.29) is 22.8 Å². The van der Waals surface area contributed by atoms with Crippen molar-refractivity contribution in [2.24, 2.45) is 0 Å². The van der Waals surface area contributed by atoms with E-state index < -0.39 is 35.1 Å². The van der Waals surface area contributed by atoms with Gasteiger partial charge in [0.05, 0.1) is 16.9 Å². The Morgan fingerprint density at radius 1 is 0.941 bits per heavy atom. The number of carbonyl (C=O) groups is 1. The summed E-state index contributed by atoms with van der Waals surface area (Å²) in [6, 6.07) is 0.851. The predicted molar refractivity (Wildman–Crippen MR) is 113 cm³/mol. The van der Waals surface area contributed by atoms with Gasteiger partial charge in [-0.1, -0.05) is 11.8 Å². The molecule has 9 nitrogen and oxygen atoms in total. The molecule has 0 saturated heterocycles. The average molecular weight is 508 g/mol. The van der Waals surface area contributed by atoms with Crippen molar-refractivity contribution in [2.45, 2.75) is 31.4 Å². The second kappa shape index (κ2) is 9.90. The molecule has 16 heteroatoms. The molecule has 0 aliphatic carbocycles. The Morgan fingerprint density at radius 3 is 2.12 bits per heavy atom. The molecule has 0 bridgehead atoms. The molecule has 0 radical (unpaired) electrons. The molecule has 184 valence electrons. The van der Waals surface area contributed by atoms with Crippen LogP contribution >= 0.6 is 11.8 Å². The van der Waals surface area contributed by atoms with E-state index in [2.05, 4.69) is 36.1 Å². The van der Waals surface area contributed by atoms with Crippen molar-refractivity contribution < 1.29 is 31.1 Å². The van der Waals surface area contributed by atoms with E-state index in [0.717, 1.165) is 11.8 Å². The molecule has 34 heavy (non-hydrogen) atoms. The van der Waals surface area contributed by atoms with Crippen LogP contribution in [0.5, 0.6) is 0 Å². The number of halogens is 6. The summed E-state index contributed by atoms with van der Waals surface area (Å²) in [5.41, 5.74) is -3.69. The molecule has 1 aromatic carbocycles. The Morgan fingerprint density at radius 2 is 1.56 bits per heavy atom. The summed E-state index contributed by atoms with van der Waals surface area (Å²) >= 11 is 0.855. The second-order valence-corrected chi connectivity index (χ2v) is 7.62. The number of amides is 1. The summed E-state index contributed by atoms with van der Waals surface area (Å²) in [6.07, 6.45) is -10.0. The minimum atomic E-state index is -5.02. The van der Waals surface area contributed by atoms with Gasteiger partial charge in [-0.25, -0.2) is 4.40 Å². The molecule has 0 aliphatic rings. The number of hydrogen-bond donors (Lipinski definition) is 3. The standard InChI is InChI=1S/C18H18F6N8OS/c1-3-25-13-28-14(26-4-2)32-15(29-13)30-31-16(32)34-8-12(33)27-11-6-9(17(19,20)21)5-10(7-11)18(22,23)24/h5-7H,3-4,8H2,1-2H3,(H,27,33)(H2,25,26,28,29,30). The lowest BCUT2D eigenvalue weighted by atomic mass is 10.1. The summed E-state index contributed by atoms with van der Waals surface area (Å²) in [7, 11) is 0. The average Bonchev–Trinajstić information content (AvgIpc) is 3.14. The zero-order chi connectivity index (χ0) is 25.1. The zero-order valence-corrected chi connectivity index (χ0v) is 18.5. The largest absolute Gasteiger partial charge is 0.416 e. The summed E-state index contributed by atoms with van der Waals surface area (Å²) in [6.45, 7) is 4.74. The van der Waals surface area contributed by atoms with Crippen molar-refractivity contribution in [1.82, 2.24) is 24.6 Å². The van der Waals surface area contributed by atoms with E-state index in [1.54, 1.807) is 0 Å². The van der Waals surface area contributed by atoms with Gasteiger partial charge in [-0.05, 0) is 32.0 Å². The van der Waals surface area contributed by atoms with Crippen molar-refractivity contribution in [3.8, 4) is 0 Å². The minimum Gasteiger partial charge on any atom is -0.355 e. The van der Waals surface area contributed by atoms with Crippen LogP contribution in [0.3, 0.4) is 0 Å². The summed E-state index contributed by atoms with van der Waals surface area (Å²) in [4.78, 5) is 20.8. The zero-order valence-electron chi connectivity index (χ0n) is 17.7. The van der Waals surface area contributed by atoms with Crippen LogP contribution in [-0.2, 0) is 17.1 Å². The minimum absolute atomic E-state index is 0.0172. The van der Waals surface area contributed by atoms with Gasteiger partial charge in [-0.3, -0.25) is 4.79 Å². The first-order valence-corrected chi connectivity index (χ1v) is 10.7. The molecule has 0 atom stereocenters. The highest BCUT2D eigenvalue weighted by Crippen LogP contribution is 2.37. The van der Waals surface area contributed by atoms with E-state index in [0.29, 0.717) is 37.1 Å². The number of anilines is 3. The third kappa shape index (κ3) is 5.98. The molecular formula is C18H18F6N8OS. The van der Waals surface area contributed by atoms with Crippen LogP contribution < -0.4 is 16.0 Å². The molecule has 2 heterocycles. The SMILES string of the molecule is CCNc1nc(NCC)n2c(SCC(=O)Nc3cc(C(F)(F)F)cc(C(F)(F)F)c3)nnc2n1. The van der Waals surface area contributed by atoms with Crippen molar-refractivity contribution in [1.29, 1.82) is 0 Å². The van der Waals surface area contributed by atoms with Gasteiger partial charge < -0.3 is 16.0 Å². The fourth-order valence-electron chi connectivity index (χ4n) is 2.75. The summed E-state index contributed by atoms with van der Waals surface area (Å²) < 4.78 is 79.5. The van der Waals surface area contributed by atoms with E-state index >= 15 is 0 Å². The maximum atomic E-state index is 13.0. The van der Waals surface area contributed by atoms with E-state index in [9.17, 15) is 31.1 Å². The number of aromatic nitrogens is 5. The number of fused-ring (bicyclic) bond motifs is 1. The molecule has 0 spiro atoms. The number of thioether (sulfide) groups is 1. The third-order valence-corrected chi connectivity index (χ3v) is 5.05. The Bertz CT molecular complexity index is 1150. The number of carbonyl (C=O) groups excluding carboxylic acids is 1. The van der Waals surface area contributed by atoms with Crippen LogP contribution in [-0.4, -0.2) is 49.3 Å². The number of nitrogens with one attached hydrogen (secondary N) is 3. The topological polar surface area (TPSA) is 109 Å². The smallest absolute Gasteiger partial charge is 0.355 e. The molecule has 3 N–H and O–H groups in total. The number of nitrogens with zero attached hydrogens (tertiary/aromatic N) is 5. The Labute approximate surface area is 192 Å². The number of alkyl halides is 6. The molecule has 3 rings (SSSR count). The normalized spacial score (nSPS) is 12.1.